The molecule has 0 bridgehead atoms. The predicted octanol–water partition coefficient (Wildman–Crippen LogP) is 4.83. The summed E-state index contributed by atoms with van der Waals surface area (Å²) in [6, 6.07) is 23.5. The highest BCUT2D eigenvalue weighted by Crippen LogP contribution is 2.29. The van der Waals surface area contributed by atoms with Gasteiger partial charge < -0.3 is 19.7 Å². The van der Waals surface area contributed by atoms with Gasteiger partial charge in [-0.25, -0.2) is 0 Å². The van der Waals surface area contributed by atoms with Crippen molar-refractivity contribution >= 4 is 33.9 Å². The number of benzene rings is 3. The molecule has 1 aromatic heterocycles. The predicted molar refractivity (Wildman–Crippen MR) is 118 cm³/mol. The number of ether oxygens (including phenoxy) is 1. The number of nitrogens with one attached hydrogen (secondary N) is 1. The normalized spacial score (nSPS) is 11.6. The van der Waals surface area contributed by atoms with Gasteiger partial charge in [0.05, 0.1) is 6.54 Å². The molecule has 5 nitrogen and oxygen atoms in total. The zero-order valence-corrected chi connectivity index (χ0v) is 16.7. The van der Waals surface area contributed by atoms with E-state index in [9.17, 15) is 9.90 Å². The van der Waals surface area contributed by atoms with Gasteiger partial charge in [-0.15, -0.1) is 0 Å². The summed E-state index contributed by atoms with van der Waals surface area (Å²) < 4.78 is 7.83. The molecule has 0 aliphatic rings. The van der Waals surface area contributed by atoms with Crippen LogP contribution in [0.4, 0.5) is 5.69 Å². The molecule has 4 rings (SSSR count). The molecule has 0 saturated heterocycles. The quantitative estimate of drug-likeness (QED) is 0.444. The highest BCUT2D eigenvalue weighted by Gasteiger charge is 2.13. The first-order valence-corrected chi connectivity index (χ1v) is 9.83. The third kappa shape index (κ3) is 4.58. The highest BCUT2D eigenvalue weighted by molar-refractivity contribution is 6.07. The van der Waals surface area contributed by atoms with Gasteiger partial charge in [-0.05, 0) is 36.4 Å². The second kappa shape index (κ2) is 9.75. The van der Waals surface area contributed by atoms with Crippen LogP contribution in [0.3, 0.4) is 0 Å². The van der Waals surface area contributed by atoms with E-state index in [4.69, 9.17) is 4.74 Å². The number of fused-ring (bicyclic) bond motifs is 3. The van der Waals surface area contributed by atoms with Gasteiger partial charge in [0.25, 0.3) is 0 Å². The number of rotatable bonds is 7. The molecule has 3 aromatic carbocycles. The summed E-state index contributed by atoms with van der Waals surface area (Å²) in [5.41, 5.74) is 2.90. The van der Waals surface area contributed by atoms with E-state index in [-0.39, 0.29) is 6.61 Å². The SMILES string of the molecule is CC.O=CNc1ccc(OCC(O)Cn2c3ccccc3c3ccccc32)cc1. The number of anilines is 1. The number of nitrogens with zero attached hydrogens (tertiary/aromatic N) is 1. The molecule has 2 N–H and O–H groups in total. The second-order valence-electron chi connectivity index (χ2n) is 6.40. The van der Waals surface area contributed by atoms with E-state index < -0.39 is 6.10 Å². The fourth-order valence-electron chi connectivity index (χ4n) is 3.37. The largest absolute Gasteiger partial charge is 0.491 e. The average Bonchev–Trinajstić information content (AvgIpc) is 3.09. The lowest BCUT2D eigenvalue weighted by Gasteiger charge is -2.15. The van der Waals surface area contributed by atoms with E-state index >= 15 is 0 Å². The molecular weight excluding hydrogens is 364 g/mol. The molecule has 1 amide bonds. The molecule has 0 aliphatic heterocycles. The number of para-hydroxylation sites is 2. The maximum Gasteiger partial charge on any atom is 0.211 e. The van der Waals surface area contributed by atoms with E-state index in [0.29, 0.717) is 24.4 Å². The zero-order valence-electron chi connectivity index (χ0n) is 16.7. The lowest BCUT2D eigenvalue weighted by atomic mass is 10.2. The molecular formula is C24H26N2O3. The van der Waals surface area contributed by atoms with Crippen molar-refractivity contribution in [2.24, 2.45) is 0 Å². The Hall–Kier alpha value is -3.31. The van der Waals surface area contributed by atoms with Gasteiger partial charge in [-0.3, -0.25) is 4.79 Å². The topological polar surface area (TPSA) is 63.5 Å². The molecule has 1 heterocycles. The molecule has 4 aromatic rings. The summed E-state index contributed by atoms with van der Waals surface area (Å²) >= 11 is 0. The Kier molecular flexibility index (Phi) is 6.87. The third-order valence-corrected chi connectivity index (χ3v) is 4.60. The van der Waals surface area contributed by atoms with Crippen LogP contribution in [-0.2, 0) is 11.3 Å². The molecule has 0 spiro atoms. The summed E-state index contributed by atoms with van der Waals surface area (Å²) in [5.74, 6) is 0.646. The van der Waals surface area contributed by atoms with Crippen LogP contribution in [0.2, 0.25) is 0 Å². The Labute approximate surface area is 170 Å². The Morgan fingerprint density at radius 3 is 2.03 bits per heavy atom. The minimum Gasteiger partial charge on any atom is -0.491 e. The van der Waals surface area contributed by atoms with Crippen molar-refractivity contribution in [2.45, 2.75) is 26.5 Å². The van der Waals surface area contributed by atoms with Gasteiger partial charge in [-0.2, -0.15) is 0 Å². The Balaban J connectivity index is 0.00000117. The van der Waals surface area contributed by atoms with Crippen molar-refractivity contribution in [1.82, 2.24) is 4.57 Å². The van der Waals surface area contributed by atoms with Gasteiger partial charge in [0.2, 0.25) is 6.41 Å². The molecule has 1 unspecified atom stereocenters. The van der Waals surface area contributed by atoms with E-state index in [0.717, 1.165) is 11.0 Å². The summed E-state index contributed by atoms with van der Waals surface area (Å²) in [6.45, 7) is 4.63. The number of carbonyl (C=O) groups is 1. The van der Waals surface area contributed by atoms with Crippen LogP contribution in [0.5, 0.6) is 5.75 Å². The highest BCUT2D eigenvalue weighted by atomic mass is 16.5. The van der Waals surface area contributed by atoms with E-state index in [2.05, 4.69) is 34.1 Å². The molecule has 150 valence electrons. The van der Waals surface area contributed by atoms with Crippen molar-refractivity contribution < 1.29 is 14.6 Å². The first-order valence-electron chi connectivity index (χ1n) is 9.83. The molecule has 29 heavy (non-hydrogen) atoms. The van der Waals surface area contributed by atoms with Gasteiger partial charge >= 0.3 is 0 Å². The maximum atomic E-state index is 10.5. The van der Waals surface area contributed by atoms with Crippen LogP contribution in [0.1, 0.15) is 13.8 Å². The van der Waals surface area contributed by atoms with E-state index in [1.54, 1.807) is 24.3 Å². The van der Waals surface area contributed by atoms with Crippen LogP contribution in [0.15, 0.2) is 72.8 Å². The van der Waals surface area contributed by atoms with Gasteiger partial charge in [0.15, 0.2) is 0 Å². The fourth-order valence-corrected chi connectivity index (χ4v) is 3.37. The molecule has 1 atom stereocenters. The molecule has 0 radical (unpaired) electrons. The van der Waals surface area contributed by atoms with Crippen LogP contribution in [-0.4, -0.2) is 28.8 Å². The van der Waals surface area contributed by atoms with E-state index in [1.807, 2.05) is 38.1 Å². The fraction of sp³-hybridized carbons (Fsp3) is 0.208. The molecule has 0 saturated carbocycles. The second-order valence-corrected chi connectivity index (χ2v) is 6.40. The number of aromatic nitrogens is 1. The maximum absolute atomic E-state index is 10.5. The number of carbonyl (C=O) groups excluding carboxylic acids is 1. The van der Waals surface area contributed by atoms with Crippen molar-refractivity contribution in [3.8, 4) is 5.75 Å². The number of hydrogen-bond acceptors (Lipinski definition) is 3. The Morgan fingerprint density at radius 1 is 0.931 bits per heavy atom. The van der Waals surface area contributed by atoms with Gasteiger partial charge in [0, 0.05) is 27.5 Å². The lowest BCUT2D eigenvalue weighted by Crippen LogP contribution is -2.23. The summed E-state index contributed by atoms with van der Waals surface area (Å²) in [5, 5.41) is 15.5. The van der Waals surface area contributed by atoms with Gasteiger partial charge in [0.1, 0.15) is 18.5 Å². The minimum absolute atomic E-state index is 0.182. The number of amides is 1. The number of aliphatic hydroxyl groups is 1. The Bertz CT molecular complexity index is 1020. The molecule has 5 heteroatoms. The van der Waals surface area contributed by atoms with Crippen LogP contribution >= 0.6 is 0 Å². The summed E-state index contributed by atoms with van der Waals surface area (Å²) in [4.78, 5) is 10.4. The van der Waals surface area contributed by atoms with Crippen molar-refractivity contribution in [2.75, 3.05) is 11.9 Å². The van der Waals surface area contributed by atoms with Gasteiger partial charge in [-0.1, -0.05) is 50.2 Å². The lowest BCUT2D eigenvalue weighted by molar-refractivity contribution is -0.105. The summed E-state index contributed by atoms with van der Waals surface area (Å²) in [6.07, 6.45) is -0.0253. The summed E-state index contributed by atoms with van der Waals surface area (Å²) in [7, 11) is 0. The monoisotopic (exact) mass is 390 g/mol. The minimum atomic E-state index is -0.656. The zero-order chi connectivity index (χ0) is 20.6. The van der Waals surface area contributed by atoms with Crippen LogP contribution < -0.4 is 10.1 Å². The molecule has 0 aliphatic carbocycles. The standard InChI is InChI=1S/C22H20N2O3.C2H6/c25-15-23-16-9-11-18(12-10-16)27-14-17(26)13-24-21-7-3-1-5-19(21)20-6-2-4-8-22(20)24;1-2/h1-12,15,17,26H,13-14H2,(H,23,25);1-2H3. The number of aliphatic hydroxyl groups excluding tert-OH is 1. The van der Waals surface area contributed by atoms with Crippen molar-refractivity contribution in [1.29, 1.82) is 0 Å². The van der Waals surface area contributed by atoms with Crippen LogP contribution in [0.25, 0.3) is 21.8 Å². The Morgan fingerprint density at radius 2 is 1.48 bits per heavy atom. The number of hydrogen-bond donors (Lipinski definition) is 2. The molecule has 0 fully saturated rings. The van der Waals surface area contributed by atoms with E-state index in [1.165, 1.54) is 10.8 Å². The van der Waals surface area contributed by atoms with Crippen LogP contribution in [0, 0.1) is 0 Å². The first kappa shape index (κ1) is 20.4. The third-order valence-electron chi connectivity index (χ3n) is 4.60. The van der Waals surface area contributed by atoms with Crippen molar-refractivity contribution in [3.05, 3.63) is 72.8 Å². The first-order chi connectivity index (χ1) is 14.3. The van der Waals surface area contributed by atoms with Crippen molar-refractivity contribution in [3.63, 3.8) is 0 Å². The average molecular weight is 390 g/mol. The smallest absolute Gasteiger partial charge is 0.211 e.